The number of rotatable bonds is 9. The van der Waals surface area contributed by atoms with Crippen LogP contribution in [0.5, 0.6) is 0 Å². The minimum atomic E-state index is -1.14. The number of carbonyl (C=O) groups excluding carboxylic acids is 2. The number of amides is 2. The molecule has 0 aromatic carbocycles. The fourth-order valence-corrected chi connectivity index (χ4v) is 1.35. The predicted octanol–water partition coefficient (Wildman–Crippen LogP) is -0.247. The molecule has 0 aliphatic rings. The van der Waals surface area contributed by atoms with Crippen LogP contribution in [-0.2, 0) is 14.4 Å². The Morgan fingerprint density at radius 3 is 2.28 bits per heavy atom. The summed E-state index contributed by atoms with van der Waals surface area (Å²) in [5.74, 6) is -2.01. The number of carboxylic acids is 1. The van der Waals surface area contributed by atoms with Crippen LogP contribution in [0, 0.1) is 0 Å². The third-order valence-electron chi connectivity index (χ3n) is 2.32. The van der Waals surface area contributed by atoms with Crippen molar-refractivity contribution >= 4 is 47.3 Å². The number of hydrogen-bond donors (Lipinski definition) is 3. The Morgan fingerprint density at radius 1 is 1.22 bits per heavy atom. The molecule has 0 aliphatic heterocycles. The summed E-state index contributed by atoms with van der Waals surface area (Å²) in [5, 5.41) is 11.2. The van der Waals surface area contributed by atoms with Crippen molar-refractivity contribution in [3.63, 3.8) is 0 Å². The van der Waals surface area contributed by atoms with Gasteiger partial charge in [0, 0.05) is 12.8 Å². The maximum atomic E-state index is 11.4. The van der Waals surface area contributed by atoms with Gasteiger partial charge in [0.15, 0.2) is 0 Å². The second-order valence-electron chi connectivity index (χ2n) is 3.92. The van der Waals surface area contributed by atoms with E-state index in [1.807, 2.05) is 6.92 Å². The molecule has 2 amide bonds. The number of hydrogen-bond acceptors (Lipinski definition) is 3. The molecule has 0 rings (SSSR count). The zero-order valence-electron chi connectivity index (χ0n) is 10.1. The Kier molecular flexibility index (Phi) is 12.6. The zero-order chi connectivity index (χ0) is 13.3. The normalized spacial score (nSPS) is 11.2. The quantitative estimate of drug-likeness (QED) is 0.396. The fraction of sp³-hybridized carbons (Fsp3) is 0.727. The number of primary amides is 1. The third kappa shape index (κ3) is 10.6. The van der Waals surface area contributed by atoms with Gasteiger partial charge < -0.3 is 16.2 Å². The van der Waals surface area contributed by atoms with Crippen molar-refractivity contribution in [3.05, 3.63) is 0 Å². The Morgan fingerprint density at radius 2 is 1.83 bits per heavy atom. The molecule has 0 heterocycles. The molecule has 1 atom stereocenters. The average Bonchev–Trinajstić information content (AvgIpc) is 2.23. The van der Waals surface area contributed by atoms with Crippen molar-refractivity contribution in [3.8, 4) is 0 Å². The monoisotopic (exact) mass is 268 g/mol. The van der Waals surface area contributed by atoms with Gasteiger partial charge in [-0.2, -0.15) is 0 Å². The Bertz CT molecular complexity index is 284. The molecule has 0 saturated carbocycles. The minimum absolute atomic E-state index is 0. The first-order valence-corrected chi connectivity index (χ1v) is 5.77. The summed E-state index contributed by atoms with van der Waals surface area (Å²) >= 11 is 0. The van der Waals surface area contributed by atoms with E-state index in [1.54, 1.807) is 0 Å². The van der Waals surface area contributed by atoms with Crippen LogP contribution in [0.3, 0.4) is 0 Å². The molecule has 0 aromatic rings. The van der Waals surface area contributed by atoms with E-state index in [-0.39, 0.29) is 48.3 Å². The van der Waals surface area contributed by atoms with Crippen LogP contribution in [0.25, 0.3) is 0 Å². The Hall–Kier alpha value is -0.590. The van der Waals surface area contributed by atoms with E-state index < -0.39 is 17.9 Å². The first-order chi connectivity index (χ1) is 7.97. The summed E-state index contributed by atoms with van der Waals surface area (Å²) in [6, 6.07) is -1.03. The molecule has 0 radical (unpaired) electrons. The van der Waals surface area contributed by atoms with Crippen molar-refractivity contribution in [2.45, 2.75) is 51.5 Å². The number of aliphatic carboxylic acids is 1. The molecular weight excluding hydrogens is 247 g/mol. The second kappa shape index (κ2) is 11.5. The predicted molar refractivity (Wildman–Crippen MR) is 69.3 cm³/mol. The van der Waals surface area contributed by atoms with Gasteiger partial charge >= 0.3 is 35.5 Å². The standard InChI is InChI=1S/C11H20N2O4.Na.H/c1-2-3-4-5-10(15)13-8(11(16)17)6-7-9(12)14;;/h8H,2-7H2,1H3,(H2,12,14)(H,13,15)(H,16,17);;/t8-;;/m0../s1. The van der Waals surface area contributed by atoms with Gasteiger partial charge in [-0.1, -0.05) is 19.8 Å². The van der Waals surface area contributed by atoms with Gasteiger partial charge in [0.1, 0.15) is 6.04 Å². The van der Waals surface area contributed by atoms with Crippen molar-refractivity contribution in [1.82, 2.24) is 5.32 Å². The van der Waals surface area contributed by atoms with Crippen molar-refractivity contribution in [2.75, 3.05) is 0 Å². The van der Waals surface area contributed by atoms with Crippen LogP contribution < -0.4 is 11.1 Å². The van der Waals surface area contributed by atoms with Gasteiger partial charge in [-0.25, -0.2) is 4.79 Å². The van der Waals surface area contributed by atoms with Gasteiger partial charge in [-0.15, -0.1) is 0 Å². The van der Waals surface area contributed by atoms with Gasteiger partial charge in [-0.3, -0.25) is 9.59 Å². The second-order valence-corrected chi connectivity index (χ2v) is 3.92. The fourth-order valence-electron chi connectivity index (χ4n) is 1.35. The van der Waals surface area contributed by atoms with E-state index in [0.29, 0.717) is 6.42 Å². The summed E-state index contributed by atoms with van der Waals surface area (Å²) in [4.78, 5) is 32.7. The molecule has 0 unspecified atom stereocenters. The number of nitrogens with one attached hydrogen (secondary N) is 1. The van der Waals surface area contributed by atoms with Crippen LogP contribution in [0.4, 0.5) is 0 Å². The van der Waals surface area contributed by atoms with Gasteiger partial charge in [0.05, 0.1) is 0 Å². The van der Waals surface area contributed by atoms with E-state index in [1.165, 1.54) is 0 Å². The maximum absolute atomic E-state index is 11.4. The molecule has 0 aliphatic carbocycles. The van der Waals surface area contributed by atoms with Crippen LogP contribution in [0.2, 0.25) is 0 Å². The van der Waals surface area contributed by atoms with Crippen molar-refractivity contribution in [2.24, 2.45) is 5.73 Å². The molecule has 0 spiro atoms. The molecule has 0 aromatic heterocycles. The molecule has 100 valence electrons. The van der Waals surface area contributed by atoms with E-state index in [2.05, 4.69) is 5.32 Å². The number of carboxylic acid groups (broad SMARTS) is 1. The van der Waals surface area contributed by atoms with Crippen LogP contribution >= 0.6 is 0 Å². The molecule has 4 N–H and O–H groups in total. The molecular formula is C11H21N2NaO4. The Labute approximate surface area is 129 Å². The molecule has 0 fully saturated rings. The molecule has 18 heavy (non-hydrogen) atoms. The van der Waals surface area contributed by atoms with E-state index in [4.69, 9.17) is 10.8 Å². The van der Waals surface area contributed by atoms with Crippen molar-refractivity contribution < 1.29 is 19.5 Å². The summed E-state index contributed by atoms with van der Waals surface area (Å²) in [6.45, 7) is 2.02. The molecule has 0 bridgehead atoms. The number of carbonyl (C=O) groups is 3. The number of unbranched alkanes of at least 4 members (excludes halogenated alkanes) is 2. The van der Waals surface area contributed by atoms with Crippen molar-refractivity contribution in [1.29, 1.82) is 0 Å². The summed E-state index contributed by atoms with van der Waals surface area (Å²) < 4.78 is 0. The Balaban J connectivity index is 0. The van der Waals surface area contributed by atoms with Gasteiger partial charge in [0.2, 0.25) is 11.8 Å². The summed E-state index contributed by atoms with van der Waals surface area (Å²) in [6.07, 6.45) is 2.97. The van der Waals surface area contributed by atoms with Crippen LogP contribution in [0.1, 0.15) is 45.4 Å². The van der Waals surface area contributed by atoms with E-state index >= 15 is 0 Å². The first-order valence-electron chi connectivity index (χ1n) is 5.77. The first kappa shape index (κ1) is 19.7. The van der Waals surface area contributed by atoms with Gasteiger partial charge in [0.25, 0.3) is 0 Å². The SMILES string of the molecule is CCCCCC(=O)N[C@@H](CCC(N)=O)C(=O)O.[NaH]. The summed E-state index contributed by atoms with van der Waals surface area (Å²) in [5.41, 5.74) is 4.93. The number of nitrogens with two attached hydrogens (primary N) is 1. The third-order valence-corrected chi connectivity index (χ3v) is 2.32. The average molecular weight is 268 g/mol. The van der Waals surface area contributed by atoms with E-state index in [9.17, 15) is 14.4 Å². The molecule has 6 nitrogen and oxygen atoms in total. The van der Waals surface area contributed by atoms with Gasteiger partial charge in [-0.05, 0) is 12.8 Å². The van der Waals surface area contributed by atoms with Crippen LogP contribution in [0.15, 0.2) is 0 Å². The van der Waals surface area contributed by atoms with Crippen LogP contribution in [-0.4, -0.2) is 58.5 Å². The zero-order valence-corrected chi connectivity index (χ0v) is 10.1. The summed E-state index contributed by atoms with van der Waals surface area (Å²) in [7, 11) is 0. The van der Waals surface area contributed by atoms with E-state index in [0.717, 1.165) is 19.3 Å². The topological polar surface area (TPSA) is 109 Å². The molecule has 0 saturated heterocycles. The molecule has 7 heteroatoms.